The number of hydrogen-bond donors (Lipinski definition) is 2. The van der Waals surface area contributed by atoms with E-state index in [1.165, 1.54) is 34.9 Å². The topological polar surface area (TPSA) is 107 Å². The van der Waals surface area contributed by atoms with Gasteiger partial charge in [0.2, 0.25) is 11.8 Å². The smallest absolute Gasteiger partial charge is 0.417 e. The lowest BCUT2D eigenvalue weighted by atomic mass is 9.74. The number of nitrogens with zero attached hydrogens (tertiary/aromatic N) is 2. The molecule has 2 aromatic carbocycles. The van der Waals surface area contributed by atoms with E-state index in [0.717, 1.165) is 12.1 Å². The van der Waals surface area contributed by atoms with Crippen LogP contribution in [-0.4, -0.2) is 39.9 Å². The van der Waals surface area contributed by atoms with E-state index in [1.54, 1.807) is 18.2 Å². The number of rotatable bonds is 9. The lowest BCUT2D eigenvalue weighted by Gasteiger charge is -2.29. The number of benzene rings is 2. The molecule has 0 aliphatic carbocycles. The molecule has 0 bridgehead atoms. The van der Waals surface area contributed by atoms with E-state index < -0.39 is 34.4 Å². The Morgan fingerprint density at radius 2 is 1.83 bits per heavy atom. The lowest BCUT2D eigenvalue weighted by molar-refractivity contribution is -0.138. The van der Waals surface area contributed by atoms with Crippen LogP contribution in [0.15, 0.2) is 52.9 Å². The van der Waals surface area contributed by atoms with E-state index in [4.69, 9.17) is 9.83 Å². The molecule has 3 amide bonds. The fraction of sp³-hybridized carbons (Fsp3) is 0.412. The Balaban J connectivity index is 1.42. The highest BCUT2D eigenvalue weighted by molar-refractivity contribution is 6.10. The molecule has 12 heteroatoms. The number of carbonyl (C=O) groups is 3. The van der Waals surface area contributed by atoms with Crippen molar-refractivity contribution in [1.82, 2.24) is 15.1 Å². The number of amidine groups is 1. The molecule has 2 aliphatic rings. The van der Waals surface area contributed by atoms with Crippen LogP contribution in [0.3, 0.4) is 0 Å². The van der Waals surface area contributed by atoms with Crippen LogP contribution in [0.2, 0.25) is 0 Å². The van der Waals surface area contributed by atoms with Gasteiger partial charge in [0, 0.05) is 38.4 Å². The molecule has 1 fully saturated rings. The van der Waals surface area contributed by atoms with E-state index >= 15 is 0 Å². The summed E-state index contributed by atoms with van der Waals surface area (Å²) in [6.07, 6.45) is -3.35. The molecule has 8 nitrogen and oxygen atoms in total. The highest BCUT2D eigenvalue weighted by Gasteiger charge is 2.50. The fourth-order valence-electron chi connectivity index (χ4n) is 6.21. The van der Waals surface area contributed by atoms with Crippen LogP contribution in [0.1, 0.15) is 84.2 Å². The zero-order valence-corrected chi connectivity index (χ0v) is 25.9. The molecule has 1 aromatic heterocycles. The molecule has 0 saturated carbocycles. The maximum absolute atomic E-state index is 14.2. The highest BCUT2D eigenvalue weighted by atomic mass is 19.4. The molecule has 1 unspecified atom stereocenters. The zero-order valence-electron chi connectivity index (χ0n) is 25.9. The third-order valence-electron chi connectivity index (χ3n) is 8.67. The summed E-state index contributed by atoms with van der Waals surface area (Å²) < 4.78 is 62.0. The monoisotopic (exact) mass is 640 g/mol. The van der Waals surface area contributed by atoms with Gasteiger partial charge in [-0.15, -0.1) is 0 Å². The Hall–Kier alpha value is -4.48. The summed E-state index contributed by atoms with van der Waals surface area (Å²) in [6, 6.07) is 10.6. The van der Waals surface area contributed by atoms with Crippen molar-refractivity contribution in [2.75, 3.05) is 6.54 Å². The van der Waals surface area contributed by atoms with Gasteiger partial charge in [0.25, 0.3) is 5.91 Å². The van der Waals surface area contributed by atoms with Gasteiger partial charge in [-0.05, 0) is 60.2 Å². The maximum atomic E-state index is 14.2. The quantitative estimate of drug-likeness (QED) is 0.266. The predicted octanol–water partition coefficient (Wildman–Crippen LogP) is 6.36. The van der Waals surface area contributed by atoms with Crippen LogP contribution in [0.25, 0.3) is 0 Å². The lowest BCUT2D eigenvalue weighted by Crippen LogP contribution is -2.39. The number of nitrogens with one attached hydrogen (secondary N) is 2. The van der Waals surface area contributed by atoms with Crippen LogP contribution in [0.4, 0.5) is 17.6 Å². The number of alkyl halides is 3. The SMILES string of the molecule is CC(=O)NCc1cc2c(o1)CCN(C(=O)c1cc(CN3C(=N)CC(CCC(C)C)(c4ccc(F)cc4)C3=O)ccc1C(F)(F)F)C2. The molecule has 244 valence electrons. The van der Waals surface area contributed by atoms with E-state index in [1.807, 2.05) is 13.8 Å². The molecule has 0 radical (unpaired) electrons. The summed E-state index contributed by atoms with van der Waals surface area (Å²) in [5, 5.41) is 11.4. The molecule has 3 heterocycles. The molecule has 5 rings (SSSR count). The first-order valence-electron chi connectivity index (χ1n) is 15.2. The van der Waals surface area contributed by atoms with E-state index in [9.17, 15) is 31.9 Å². The number of furan rings is 1. The second-order valence-electron chi connectivity index (χ2n) is 12.5. The summed E-state index contributed by atoms with van der Waals surface area (Å²) >= 11 is 0. The Bertz CT molecular complexity index is 1660. The third kappa shape index (κ3) is 6.70. The second kappa shape index (κ2) is 12.7. The first kappa shape index (κ1) is 32.9. The van der Waals surface area contributed by atoms with Crippen molar-refractivity contribution in [3.63, 3.8) is 0 Å². The van der Waals surface area contributed by atoms with Gasteiger partial charge >= 0.3 is 6.18 Å². The number of fused-ring (bicyclic) bond motifs is 1. The largest absolute Gasteiger partial charge is 0.464 e. The van der Waals surface area contributed by atoms with Gasteiger partial charge in [0.05, 0.1) is 29.6 Å². The van der Waals surface area contributed by atoms with Gasteiger partial charge in [0.1, 0.15) is 23.2 Å². The summed E-state index contributed by atoms with van der Waals surface area (Å²) in [7, 11) is 0. The van der Waals surface area contributed by atoms with Gasteiger partial charge < -0.3 is 14.6 Å². The first-order valence-corrected chi connectivity index (χ1v) is 15.2. The molecule has 46 heavy (non-hydrogen) atoms. The maximum Gasteiger partial charge on any atom is 0.417 e. The average molecular weight is 641 g/mol. The molecule has 2 N–H and O–H groups in total. The normalized spacial score (nSPS) is 18.3. The summed E-state index contributed by atoms with van der Waals surface area (Å²) in [6.45, 7) is 5.52. The van der Waals surface area contributed by atoms with Gasteiger partial charge in [-0.2, -0.15) is 13.2 Å². The number of carbonyl (C=O) groups excluding carboxylic acids is 3. The average Bonchev–Trinajstić information content (AvgIpc) is 3.52. The fourth-order valence-corrected chi connectivity index (χ4v) is 6.21. The highest BCUT2D eigenvalue weighted by Crippen LogP contribution is 2.43. The van der Waals surface area contributed by atoms with Gasteiger partial charge in [-0.25, -0.2) is 4.39 Å². The summed E-state index contributed by atoms with van der Waals surface area (Å²) in [5.41, 5.74) is -1.23. The second-order valence-corrected chi connectivity index (χ2v) is 12.5. The number of hydrogen-bond acceptors (Lipinski definition) is 5. The molecule has 1 atom stereocenters. The van der Waals surface area contributed by atoms with Crippen LogP contribution < -0.4 is 5.32 Å². The van der Waals surface area contributed by atoms with Crippen LogP contribution >= 0.6 is 0 Å². The minimum atomic E-state index is -4.81. The third-order valence-corrected chi connectivity index (χ3v) is 8.67. The van der Waals surface area contributed by atoms with Crippen LogP contribution in [0, 0.1) is 17.1 Å². The van der Waals surface area contributed by atoms with E-state index in [-0.39, 0.29) is 61.7 Å². The first-order chi connectivity index (χ1) is 21.7. The van der Waals surface area contributed by atoms with Crippen molar-refractivity contribution in [3.8, 4) is 0 Å². The molecule has 0 spiro atoms. The molecular formula is C34H36F4N4O4. The van der Waals surface area contributed by atoms with Crippen molar-refractivity contribution in [2.45, 2.75) is 77.7 Å². The standard InChI is InChI=1S/C34H36F4N4O4/c1-20(2)10-12-33(24-5-7-25(35)8-6-24)16-30(39)42(32(33)45)18-22-4-9-28(34(36,37)38)27(14-22)31(44)41-13-11-29-23(19-41)15-26(46-29)17-40-21(3)43/h4-9,14-15,20,39H,10-13,16-19H2,1-3H3,(H,40,43). The summed E-state index contributed by atoms with van der Waals surface area (Å²) in [4.78, 5) is 41.5. The van der Waals surface area contributed by atoms with Crippen molar-refractivity contribution in [2.24, 2.45) is 5.92 Å². The van der Waals surface area contributed by atoms with Crippen LogP contribution in [0.5, 0.6) is 0 Å². The summed E-state index contributed by atoms with van der Waals surface area (Å²) in [5.74, 6) is -0.532. The number of halogens is 4. The molecule has 2 aliphatic heterocycles. The van der Waals surface area contributed by atoms with E-state index in [2.05, 4.69) is 5.32 Å². The van der Waals surface area contributed by atoms with Crippen molar-refractivity contribution < 1.29 is 36.4 Å². The molecule has 1 saturated heterocycles. The minimum Gasteiger partial charge on any atom is -0.464 e. The van der Waals surface area contributed by atoms with Crippen molar-refractivity contribution in [1.29, 1.82) is 5.41 Å². The van der Waals surface area contributed by atoms with Gasteiger partial charge in [-0.3, -0.25) is 24.7 Å². The van der Waals surface area contributed by atoms with E-state index in [0.29, 0.717) is 41.9 Å². The van der Waals surface area contributed by atoms with Crippen molar-refractivity contribution >= 4 is 23.6 Å². The molecular weight excluding hydrogens is 604 g/mol. The minimum absolute atomic E-state index is 0.00411. The Morgan fingerprint density at radius 3 is 2.48 bits per heavy atom. The van der Waals surface area contributed by atoms with Gasteiger partial charge in [0.15, 0.2) is 0 Å². The molecule has 3 aromatic rings. The van der Waals surface area contributed by atoms with Crippen LogP contribution in [-0.2, 0) is 47.2 Å². The Morgan fingerprint density at radius 1 is 1.11 bits per heavy atom. The Labute approximate surface area is 264 Å². The van der Waals surface area contributed by atoms with Gasteiger partial charge in [-0.1, -0.05) is 32.0 Å². The number of amides is 3. The number of likely N-dealkylation sites (tertiary alicyclic amines) is 1. The zero-order chi connectivity index (χ0) is 33.4. The van der Waals surface area contributed by atoms with Crippen molar-refractivity contribution in [3.05, 3.63) is 93.7 Å². The predicted molar refractivity (Wildman–Crippen MR) is 161 cm³/mol. The Kier molecular flexibility index (Phi) is 9.10.